The maximum atomic E-state index is 12.3. The number of benzene rings is 1. The molecule has 1 unspecified atom stereocenters. The molecule has 1 atom stereocenters. The fourth-order valence-corrected chi connectivity index (χ4v) is 3.90. The molecule has 0 bridgehead atoms. The van der Waals surface area contributed by atoms with Crippen molar-refractivity contribution < 1.29 is 17.9 Å². The van der Waals surface area contributed by atoms with Gasteiger partial charge < -0.3 is 15.4 Å². The van der Waals surface area contributed by atoms with Gasteiger partial charge in [0.1, 0.15) is 5.75 Å². The quantitative estimate of drug-likeness (QED) is 0.695. The van der Waals surface area contributed by atoms with Crippen molar-refractivity contribution >= 4 is 34.0 Å². The number of hydrogen-bond acceptors (Lipinski definition) is 5. The number of amides is 1. The van der Waals surface area contributed by atoms with Crippen LogP contribution in [0, 0.1) is 0 Å². The van der Waals surface area contributed by atoms with Gasteiger partial charge in [0.05, 0.1) is 23.7 Å². The maximum absolute atomic E-state index is 12.3. The summed E-state index contributed by atoms with van der Waals surface area (Å²) in [6, 6.07) is 4.26. The summed E-state index contributed by atoms with van der Waals surface area (Å²) in [5.74, 6) is 0.257. The highest BCUT2D eigenvalue weighted by Crippen LogP contribution is 2.29. The van der Waals surface area contributed by atoms with Gasteiger partial charge in [0.2, 0.25) is 15.9 Å². The fourth-order valence-electron chi connectivity index (χ4n) is 2.57. The zero-order valence-corrected chi connectivity index (χ0v) is 15.0. The van der Waals surface area contributed by atoms with Crippen LogP contribution in [0.15, 0.2) is 23.1 Å². The Morgan fingerprint density at radius 1 is 1.29 bits per heavy atom. The van der Waals surface area contributed by atoms with Crippen molar-refractivity contribution in [1.82, 2.24) is 10.0 Å². The first kappa shape index (κ1) is 19.0. The van der Waals surface area contributed by atoms with E-state index in [1.165, 1.54) is 19.2 Å². The van der Waals surface area contributed by atoms with Crippen LogP contribution in [0.5, 0.6) is 5.75 Å². The monoisotopic (exact) mass is 375 g/mol. The van der Waals surface area contributed by atoms with E-state index in [0.29, 0.717) is 11.4 Å². The Kier molecular flexibility index (Phi) is 6.08. The number of sulfonamides is 1. The third kappa shape index (κ3) is 4.38. The third-order valence-electron chi connectivity index (χ3n) is 4.02. The van der Waals surface area contributed by atoms with E-state index >= 15 is 0 Å². The lowest BCUT2D eigenvalue weighted by Gasteiger charge is -2.15. The molecule has 1 amide bonds. The molecule has 1 saturated carbocycles. The molecule has 24 heavy (non-hydrogen) atoms. The van der Waals surface area contributed by atoms with E-state index in [9.17, 15) is 13.2 Å². The average molecular weight is 376 g/mol. The Labute approximate surface area is 148 Å². The van der Waals surface area contributed by atoms with Crippen molar-refractivity contribution in [3.05, 3.63) is 18.2 Å². The molecule has 1 saturated heterocycles. The summed E-state index contributed by atoms with van der Waals surface area (Å²) in [6.45, 7) is 0.814. The molecule has 9 heteroatoms. The minimum absolute atomic E-state index is 0. The number of carbonyl (C=O) groups is 1. The second kappa shape index (κ2) is 7.69. The van der Waals surface area contributed by atoms with Crippen LogP contribution >= 0.6 is 12.4 Å². The van der Waals surface area contributed by atoms with Crippen molar-refractivity contribution in [1.29, 1.82) is 0 Å². The van der Waals surface area contributed by atoms with E-state index in [4.69, 9.17) is 4.74 Å². The van der Waals surface area contributed by atoms with Crippen molar-refractivity contribution in [3.8, 4) is 5.75 Å². The number of ether oxygens (including phenoxy) is 1. The minimum atomic E-state index is -3.57. The number of anilines is 1. The van der Waals surface area contributed by atoms with Gasteiger partial charge in [0, 0.05) is 6.04 Å². The molecule has 3 N–H and O–H groups in total. The van der Waals surface area contributed by atoms with Crippen LogP contribution in [0.25, 0.3) is 0 Å². The van der Waals surface area contributed by atoms with Crippen LogP contribution in [-0.2, 0) is 14.8 Å². The lowest BCUT2D eigenvalue weighted by atomic mass is 10.2. The second-order valence-electron chi connectivity index (χ2n) is 5.90. The van der Waals surface area contributed by atoms with Crippen LogP contribution in [0.1, 0.15) is 25.7 Å². The molecule has 2 aliphatic rings. The number of carbonyl (C=O) groups excluding carboxylic acids is 1. The molecule has 134 valence electrons. The summed E-state index contributed by atoms with van der Waals surface area (Å²) in [5, 5.41) is 5.88. The van der Waals surface area contributed by atoms with Gasteiger partial charge in [0.25, 0.3) is 0 Å². The Hall–Kier alpha value is -1.35. The molecule has 1 aromatic carbocycles. The van der Waals surface area contributed by atoms with Gasteiger partial charge in [-0.1, -0.05) is 0 Å². The van der Waals surface area contributed by atoms with Gasteiger partial charge in [-0.05, 0) is 50.4 Å². The normalized spacial score (nSPS) is 20.3. The van der Waals surface area contributed by atoms with Gasteiger partial charge in [-0.2, -0.15) is 0 Å². The highest BCUT2D eigenvalue weighted by Gasteiger charge is 2.29. The summed E-state index contributed by atoms with van der Waals surface area (Å²) in [7, 11) is -2.09. The first-order valence-electron chi connectivity index (χ1n) is 7.74. The smallest absolute Gasteiger partial charge is 0.241 e. The van der Waals surface area contributed by atoms with E-state index in [0.717, 1.165) is 32.2 Å². The molecule has 1 aliphatic carbocycles. The highest BCUT2D eigenvalue weighted by molar-refractivity contribution is 7.89. The van der Waals surface area contributed by atoms with Gasteiger partial charge in [0.15, 0.2) is 0 Å². The van der Waals surface area contributed by atoms with Crippen LogP contribution in [0.2, 0.25) is 0 Å². The second-order valence-corrected chi connectivity index (χ2v) is 7.61. The van der Waals surface area contributed by atoms with Crippen LogP contribution in [0.3, 0.4) is 0 Å². The Bertz CT molecular complexity index is 701. The number of methoxy groups -OCH3 is 1. The Balaban J connectivity index is 0.00000208. The van der Waals surface area contributed by atoms with Gasteiger partial charge in [-0.25, -0.2) is 13.1 Å². The lowest BCUT2D eigenvalue weighted by molar-refractivity contribution is -0.117. The predicted octanol–water partition coefficient (Wildman–Crippen LogP) is 1.25. The zero-order chi connectivity index (χ0) is 16.4. The standard InChI is InChI=1S/C15H21N3O4S.ClH/c1-22-14-7-6-11(23(20,21)18-10-4-5-10)9-13(14)17-15(19)12-3-2-8-16-12;/h6-7,9-10,12,16,18H,2-5,8H2,1H3,(H,17,19);1H. The van der Waals surface area contributed by atoms with Crippen LogP contribution in [0.4, 0.5) is 5.69 Å². The fraction of sp³-hybridized carbons (Fsp3) is 0.533. The van der Waals surface area contributed by atoms with Gasteiger partial charge in [-0.3, -0.25) is 4.79 Å². The molecule has 1 heterocycles. The van der Waals surface area contributed by atoms with Crippen LogP contribution < -0.4 is 20.1 Å². The number of hydrogen-bond donors (Lipinski definition) is 3. The average Bonchev–Trinajstić information content (AvgIpc) is 3.15. The molecule has 1 aromatic rings. The third-order valence-corrected chi connectivity index (χ3v) is 5.53. The molecule has 3 rings (SSSR count). The van der Waals surface area contributed by atoms with E-state index < -0.39 is 10.0 Å². The van der Waals surface area contributed by atoms with E-state index in [2.05, 4.69) is 15.4 Å². The number of nitrogens with one attached hydrogen (secondary N) is 3. The minimum Gasteiger partial charge on any atom is -0.495 e. The summed E-state index contributed by atoms with van der Waals surface area (Å²) < 4.78 is 32.4. The zero-order valence-electron chi connectivity index (χ0n) is 13.4. The summed E-state index contributed by atoms with van der Waals surface area (Å²) in [6.07, 6.45) is 3.46. The maximum Gasteiger partial charge on any atom is 0.241 e. The Morgan fingerprint density at radius 2 is 2.04 bits per heavy atom. The molecule has 7 nitrogen and oxygen atoms in total. The topological polar surface area (TPSA) is 96.5 Å². The first-order chi connectivity index (χ1) is 11.0. The molecular formula is C15H22ClN3O4S. The summed E-state index contributed by atoms with van der Waals surface area (Å²) >= 11 is 0. The highest BCUT2D eigenvalue weighted by atomic mass is 35.5. The SMILES string of the molecule is COc1ccc(S(=O)(=O)NC2CC2)cc1NC(=O)C1CCCN1.Cl. The molecule has 0 aromatic heterocycles. The van der Waals surface area contributed by atoms with Crippen molar-refractivity contribution in [2.75, 3.05) is 19.0 Å². The van der Waals surface area contributed by atoms with Gasteiger partial charge >= 0.3 is 0 Å². The van der Waals surface area contributed by atoms with Crippen LogP contribution in [-0.4, -0.2) is 40.1 Å². The lowest BCUT2D eigenvalue weighted by Crippen LogP contribution is -2.35. The van der Waals surface area contributed by atoms with Crippen molar-refractivity contribution in [2.45, 2.75) is 42.7 Å². The Morgan fingerprint density at radius 3 is 2.62 bits per heavy atom. The predicted molar refractivity (Wildman–Crippen MR) is 93.2 cm³/mol. The largest absolute Gasteiger partial charge is 0.495 e. The van der Waals surface area contributed by atoms with E-state index in [1.54, 1.807) is 6.07 Å². The molecule has 0 radical (unpaired) electrons. The van der Waals surface area contributed by atoms with E-state index in [-0.39, 0.29) is 35.3 Å². The summed E-state index contributed by atoms with van der Waals surface area (Å²) in [5.41, 5.74) is 0.366. The molecule has 2 fully saturated rings. The molecule has 0 spiro atoms. The molecule has 1 aliphatic heterocycles. The summed E-state index contributed by atoms with van der Waals surface area (Å²) in [4.78, 5) is 12.4. The van der Waals surface area contributed by atoms with Crippen molar-refractivity contribution in [3.63, 3.8) is 0 Å². The number of halogens is 1. The van der Waals surface area contributed by atoms with Crippen molar-refractivity contribution in [2.24, 2.45) is 0 Å². The van der Waals surface area contributed by atoms with Gasteiger partial charge in [-0.15, -0.1) is 12.4 Å². The van der Waals surface area contributed by atoms with E-state index in [1.807, 2.05) is 0 Å². The first-order valence-corrected chi connectivity index (χ1v) is 9.22. The number of rotatable bonds is 6. The molecular weight excluding hydrogens is 354 g/mol.